The molecule has 0 fully saturated rings. The molecule has 0 aliphatic rings. The van der Waals surface area contributed by atoms with E-state index in [1.165, 1.54) is 6.08 Å². The Bertz CT molecular complexity index is 443. The van der Waals surface area contributed by atoms with E-state index >= 15 is 0 Å². The molecule has 0 aromatic heterocycles. The Morgan fingerprint density at radius 1 is 1.33 bits per heavy atom. The van der Waals surface area contributed by atoms with Crippen molar-refractivity contribution < 1.29 is 19.7 Å². The van der Waals surface area contributed by atoms with Gasteiger partial charge in [-0.1, -0.05) is 12.1 Å². The molecule has 1 aromatic carbocycles. The number of carboxylic acid groups (broad SMARTS) is 1. The zero-order chi connectivity index (χ0) is 13.4. The van der Waals surface area contributed by atoms with Crippen LogP contribution >= 0.6 is 0 Å². The van der Waals surface area contributed by atoms with E-state index in [1.807, 2.05) is 6.92 Å². The molecule has 4 heteroatoms. The molecule has 0 unspecified atom stereocenters. The highest BCUT2D eigenvalue weighted by molar-refractivity contribution is 5.85. The van der Waals surface area contributed by atoms with Crippen LogP contribution in [0.4, 0.5) is 0 Å². The van der Waals surface area contributed by atoms with Crippen LogP contribution in [-0.4, -0.2) is 29.4 Å². The fourth-order valence-corrected chi connectivity index (χ4v) is 1.19. The smallest absolute Gasteiger partial charge is 0.328 e. The number of aliphatic hydroxyl groups excluding tert-OH is 1. The summed E-state index contributed by atoms with van der Waals surface area (Å²) in [4.78, 5) is 10.3. The summed E-state index contributed by atoms with van der Waals surface area (Å²) < 4.78 is 5.43. The fourth-order valence-electron chi connectivity index (χ4n) is 1.19. The van der Waals surface area contributed by atoms with Crippen LogP contribution in [0, 0.1) is 0 Å². The van der Waals surface area contributed by atoms with Crippen molar-refractivity contribution in [3.05, 3.63) is 47.6 Å². The lowest BCUT2D eigenvalue weighted by Crippen LogP contribution is -1.96. The van der Waals surface area contributed by atoms with E-state index in [-0.39, 0.29) is 6.61 Å². The molecule has 0 atom stereocenters. The molecular formula is C14H16O4. The molecule has 0 amide bonds. The van der Waals surface area contributed by atoms with Crippen LogP contribution in [0.2, 0.25) is 0 Å². The minimum Gasteiger partial charge on any atom is -0.490 e. The van der Waals surface area contributed by atoms with Gasteiger partial charge in [-0.3, -0.25) is 0 Å². The fraction of sp³-hybridized carbons (Fsp3) is 0.214. The summed E-state index contributed by atoms with van der Waals surface area (Å²) in [5.41, 5.74) is 1.66. The van der Waals surface area contributed by atoms with Gasteiger partial charge in [0.2, 0.25) is 0 Å². The third-order valence-corrected chi connectivity index (χ3v) is 2.23. The van der Waals surface area contributed by atoms with E-state index in [1.54, 1.807) is 30.3 Å². The number of hydrogen-bond donors (Lipinski definition) is 2. The standard InChI is InChI=1S/C14H16O4/c1-11(10-15)8-9-18-13-5-2-12(3-6-13)4-7-14(16)17/h2-8,15H,9-10H2,1H3,(H,16,17)/b7-4+,11-8+. The molecule has 1 rings (SSSR count). The van der Waals surface area contributed by atoms with Gasteiger partial charge in [0.05, 0.1) is 6.61 Å². The highest BCUT2D eigenvalue weighted by Gasteiger charge is 1.94. The lowest BCUT2D eigenvalue weighted by Gasteiger charge is -2.04. The third kappa shape index (κ3) is 5.32. The van der Waals surface area contributed by atoms with E-state index in [0.717, 1.165) is 17.2 Å². The molecule has 4 nitrogen and oxygen atoms in total. The van der Waals surface area contributed by atoms with Gasteiger partial charge in [-0.25, -0.2) is 4.79 Å². The number of rotatable bonds is 6. The predicted molar refractivity (Wildman–Crippen MR) is 69.4 cm³/mol. The molecule has 0 bridgehead atoms. The summed E-state index contributed by atoms with van der Waals surface area (Å²) in [6.45, 7) is 2.25. The number of carbonyl (C=O) groups is 1. The van der Waals surface area contributed by atoms with Gasteiger partial charge in [-0.2, -0.15) is 0 Å². The van der Waals surface area contributed by atoms with Crippen molar-refractivity contribution in [3.8, 4) is 5.75 Å². The van der Waals surface area contributed by atoms with Crippen molar-refractivity contribution in [1.82, 2.24) is 0 Å². The van der Waals surface area contributed by atoms with Crippen LogP contribution in [0.1, 0.15) is 12.5 Å². The summed E-state index contributed by atoms with van der Waals surface area (Å²) in [5, 5.41) is 17.3. The second-order valence-electron chi connectivity index (χ2n) is 3.76. The summed E-state index contributed by atoms with van der Waals surface area (Å²) in [6.07, 6.45) is 4.41. The first kappa shape index (κ1) is 14.0. The molecule has 0 aliphatic heterocycles. The largest absolute Gasteiger partial charge is 0.490 e. The molecular weight excluding hydrogens is 232 g/mol. The lowest BCUT2D eigenvalue weighted by molar-refractivity contribution is -0.131. The van der Waals surface area contributed by atoms with Crippen LogP contribution < -0.4 is 4.74 Å². The number of aliphatic hydroxyl groups is 1. The number of aliphatic carboxylic acids is 1. The molecule has 0 saturated heterocycles. The van der Waals surface area contributed by atoms with E-state index in [4.69, 9.17) is 14.9 Å². The van der Waals surface area contributed by atoms with Crippen molar-refractivity contribution in [2.45, 2.75) is 6.92 Å². The van der Waals surface area contributed by atoms with Gasteiger partial charge >= 0.3 is 5.97 Å². The first-order valence-electron chi connectivity index (χ1n) is 5.52. The Morgan fingerprint density at radius 3 is 2.56 bits per heavy atom. The Balaban J connectivity index is 2.53. The van der Waals surface area contributed by atoms with Gasteiger partial charge in [0.15, 0.2) is 0 Å². The maximum Gasteiger partial charge on any atom is 0.328 e. The number of ether oxygens (including phenoxy) is 1. The van der Waals surface area contributed by atoms with Crippen molar-refractivity contribution in [2.75, 3.05) is 13.2 Å². The van der Waals surface area contributed by atoms with Gasteiger partial charge in [0.25, 0.3) is 0 Å². The van der Waals surface area contributed by atoms with E-state index in [0.29, 0.717) is 12.4 Å². The Kier molecular flexibility index (Phi) is 5.67. The summed E-state index contributed by atoms with van der Waals surface area (Å²) in [6, 6.07) is 7.09. The van der Waals surface area contributed by atoms with Crippen LogP contribution in [0.5, 0.6) is 5.75 Å². The SMILES string of the molecule is C/C(=C\COc1ccc(/C=C/C(=O)O)cc1)CO. The van der Waals surface area contributed by atoms with Crippen LogP contribution in [-0.2, 0) is 4.79 Å². The topological polar surface area (TPSA) is 66.8 Å². The predicted octanol–water partition coefficient (Wildman–Crippen LogP) is 2.10. The molecule has 0 saturated carbocycles. The van der Waals surface area contributed by atoms with E-state index < -0.39 is 5.97 Å². The Hall–Kier alpha value is -2.07. The zero-order valence-corrected chi connectivity index (χ0v) is 10.2. The normalized spacial score (nSPS) is 11.8. The summed E-state index contributed by atoms with van der Waals surface area (Å²) in [7, 11) is 0. The average molecular weight is 248 g/mol. The quantitative estimate of drug-likeness (QED) is 0.597. The molecule has 18 heavy (non-hydrogen) atoms. The highest BCUT2D eigenvalue weighted by atomic mass is 16.5. The van der Waals surface area contributed by atoms with Gasteiger partial charge < -0.3 is 14.9 Å². The highest BCUT2D eigenvalue weighted by Crippen LogP contribution is 2.13. The maximum absolute atomic E-state index is 10.3. The van der Waals surface area contributed by atoms with Crippen molar-refractivity contribution in [1.29, 1.82) is 0 Å². The second-order valence-corrected chi connectivity index (χ2v) is 3.76. The number of carboxylic acids is 1. The van der Waals surface area contributed by atoms with Gasteiger partial charge in [0.1, 0.15) is 12.4 Å². The van der Waals surface area contributed by atoms with Crippen LogP contribution in [0.15, 0.2) is 42.0 Å². The van der Waals surface area contributed by atoms with Gasteiger partial charge in [-0.15, -0.1) is 0 Å². The molecule has 1 aromatic rings. The molecule has 2 N–H and O–H groups in total. The van der Waals surface area contributed by atoms with Gasteiger partial charge in [-0.05, 0) is 42.3 Å². The van der Waals surface area contributed by atoms with Crippen LogP contribution in [0.25, 0.3) is 6.08 Å². The second kappa shape index (κ2) is 7.29. The Labute approximate surface area is 106 Å². The molecule has 96 valence electrons. The first-order valence-corrected chi connectivity index (χ1v) is 5.52. The zero-order valence-electron chi connectivity index (χ0n) is 10.2. The molecule has 0 radical (unpaired) electrons. The minimum absolute atomic E-state index is 0.0300. The van der Waals surface area contributed by atoms with E-state index in [9.17, 15) is 4.79 Å². The summed E-state index contributed by atoms with van der Waals surface area (Å²) >= 11 is 0. The lowest BCUT2D eigenvalue weighted by atomic mass is 10.2. The maximum atomic E-state index is 10.3. The molecule has 0 heterocycles. The minimum atomic E-state index is -0.972. The van der Waals surface area contributed by atoms with E-state index in [2.05, 4.69) is 0 Å². The third-order valence-electron chi connectivity index (χ3n) is 2.23. The van der Waals surface area contributed by atoms with Crippen molar-refractivity contribution in [2.24, 2.45) is 0 Å². The monoisotopic (exact) mass is 248 g/mol. The average Bonchev–Trinajstić information content (AvgIpc) is 2.37. The summed E-state index contributed by atoms with van der Waals surface area (Å²) in [5.74, 6) is -0.274. The Morgan fingerprint density at radius 2 is 2.00 bits per heavy atom. The molecule has 0 spiro atoms. The van der Waals surface area contributed by atoms with Crippen LogP contribution in [0.3, 0.4) is 0 Å². The first-order chi connectivity index (χ1) is 8.61. The van der Waals surface area contributed by atoms with Crippen molar-refractivity contribution >= 4 is 12.0 Å². The molecule has 0 aliphatic carbocycles. The number of benzene rings is 1. The van der Waals surface area contributed by atoms with Gasteiger partial charge in [0, 0.05) is 6.08 Å². The van der Waals surface area contributed by atoms with Crippen molar-refractivity contribution in [3.63, 3.8) is 0 Å². The number of hydrogen-bond acceptors (Lipinski definition) is 3.